The maximum atomic E-state index is 11.5. The number of benzene rings is 1. The third kappa shape index (κ3) is 2.72. The largest absolute Gasteiger partial charge is 0.480 e. The molecule has 1 aliphatic heterocycles. The molecule has 1 heterocycles. The lowest BCUT2D eigenvalue weighted by atomic mass is 9.92. The van der Waals surface area contributed by atoms with E-state index in [-0.39, 0.29) is 0 Å². The fraction of sp³-hybridized carbons (Fsp3) is 0.533. The highest BCUT2D eigenvalue weighted by molar-refractivity contribution is 5.76. The lowest BCUT2D eigenvalue weighted by Gasteiger charge is -2.34. The van der Waals surface area contributed by atoms with Crippen LogP contribution in [0.25, 0.3) is 0 Å². The minimum Gasteiger partial charge on any atom is -0.480 e. The molecule has 0 saturated heterocycles. The van der Waals surface area contributed by atoms with E-state index in [2.05, 4.69) is 17.9 Å². The van der Waals surface area contributed by atoms with Gasteiger partial charge in [-0.1, -0.05) is 44.0 Å². The van der Waals surface area contributed by atoms with Crippen LogP contribution >= 0.6 is 0 Å². The topological polar surface area (TPSA) is 40.5 Å². The summed E-state index contributed by atoms with van der Waals surface area (Å²) < 4.78 is 0. The zero-order valence-electron chi connectivity index (χ0n) is 10.9. The van der Waals surface area contributed by atoms with Crippen LogP contribution in [-0.2, 0) is 11.2 Å². The SMILES string of the molecule is CCCCCN1CCc2ccccc2C1C(=O)O. The minimum absolute atomic E-state index is 0.452. The molecule has 1 atom stereocenters. The number of hydrogen-bond donors (Lipinski definition) is 1. The number of hydrogen-bond acceptors (Lipinski definition) is 2. The van der Waals surface area contributed by atoms with Crippen molar-refractivity contribution in [3.05, 3.63) is 35.4 Å². The highest BCUT2D eigenvalue weighted by Gasteiger charge is 2.31. The van der Waals surface area contributed by atoms with Gasteiger partial charge in [0.1, 0.15) is 6.04 Å². The van der Waals surface area contributed by atoms with E-state index in [1.54, 1.807) is 0 Å². The molecule has 2 rings (SSSR count). The average Bonchev–Trinajstić information content (AvgIpc) is 2.38. The second kappa shape index (κ2) is 6.01. The van der Waals surface area contributed by atoms with E-state index in [1.807, 2.05) is 18.2 Å². The van der Waals surface area contributed by atoms with E-state index in [0.29, 0.717) is 0 Å². The first-order valence-corrected chi connectivity index (χ1v) is 6.78. The summed E-state index contributed by atoms with van der Waals surface area (Å²) in [6.07, 6.45) is 4.39. The van der Waals surface area contributed by atoms with Crippen molar-refractivity contribution in [2.45, 2.75) is 38.6 Å². The maximum Gasteiger partial charge on any atom is 0.325 e. The third-order valence-electron chi connectivity index (χ3n) is 3.67. The minimum atomic E-state index is -0.723. The summed E-state index contributed by atoms with van der Waals surface area (Å²) in [6, 6.07) is 7.48. The fourth-order valence-corrected chi connectivity index (χ4v) is 2.71. The summed E-state index contributed by atoms with van der Waals surface area (Å²) in [5.74, 6) is -0.723. The number of fused-ring (bicyclic) bond motifs is 1. The molecule has 0 fully saturated rings. The molecule has 1 aliphatic rings. The lowest BCUT2D eigenvalue weighted by Crippen LogP contribution is -2.40. The molecular weight excluding hydrogens is 226 g/mol. The van der Waals surface area contributed by atoms with Crippen LogP contribution in [0, 0.1) is 0 Å². The van der Waals surface area contributed by atoms with Crippen molar-refractivity contribution in [3.63, 3.8) is 0 Å². The van der Waals surface area contributed by atoms with Crippen molar-refractivity contribution in [2.75, 3.05) is 13.1 Å². The lowest BCUT2D eigenvalue weighted by molar-refractivity contribution is -0.144. The molecule has 0 bridgehead atoms. The summed E-state index contributed by atoms with van der Waals surface area (Å²) in [4.78, 5) is 13.6. The van der Waals surface area contributed by atoms with Crippen LogP contribution in [0.3, 0.4) is 0 Å². The van der Waals surface area contributed by atoms with Gasteiger partial charge in [0.15, 0.2) is 0 Å². The van der Waals surface area contributed by atoms with Gasteiger partial charge in [-0.2, -0.15) is 0 Å². The van der Waals surface area contributed by atoms with E-state index >= 15 is 0 Å². The van der Waals surface area contributed by atoms with Crippen LogP contribution in [0.2, 0.25) is 0 Å². The molecule has 0 radical (unpaired) electrons. The van der Waals surface area contributed by atoms with Crippen LogP contribution in [0.5, 0.6) is 0 Å². The summed E-state index contributed by atoms with van der Waals surface area (Å²) in [5.41, 5.74) is 2.17. The summed E-state index contributed by atoms with van der Waals surface area (Å²) >= 11 is 0. The zero-order valence-corrected chi connectivity index (χ0v) is 10.9. The molecule has 0 aromatic heterocycles. The first-order chi connectivity index (χ1) is 8.74. The summed E-state index contributed by atoms with van der Waals surface area (Å²) in [5, 5.41) is 9.47. The Labute approximate surface area is 108 Å². The predicted octanol–water partition coefficient (Wildman–Crippen LogP) is 2.86. The van der Waals surface area contributed by atoms with Gasteiger partial charge >= 0.3 is 5.97 Å². The molecule has 0 spiro atoms. The predicted molar refractivity (Wildman–Crippen MR) is 71.6 cm³/mol. The third-order valence-corrected chi connectivity index (χ3v) is 3.67. The molecule has 0 aliphatic carbocycles. The van der Waals surface area contributed by atoms with Gasteiger partial charge in [0.2, 0.25) is 0 Å². The average molecular weight is 247 g/mol. The molecule has 0 saturated carbocycles. The van der Waals surface area contributed by atoms with E-state index in [4.69, 9.17) is 0 Å². The Kier molecular flexibility index (Phi) is 4.37. The maximum absolute atomic E-state index is 11.5. The highest BCUT2D eigenvalue weighted by Crippen LogP contribution is 2.30. The van der Waals surface area contributed by atoms with Gasteiger partial charge in [-0.15, -0.1) is 0 Å². The summed E-state index contributed by atoms with van der Waals surface area (Å²) in [6.45, 7) is 3.91. The quantitative estimate of drug-likeness (QED) is 0.813. The second-order valence-electron chi connectivity index (χ2n) is 4.93. The number of rotatable bonds is 5. The number of carboxylic acid groups (broad SMARTS) is 1. The van der Waals surface area contributed by atoms with Gasteiger partial charge in [-0.05, 0) is 30.5 Å². The number of nitrogens with zero attached hydrogens (tertiary/aromatic N) is 1. The molecule has 3 nitrogen and oxygen atoms in total. The normalized spacial score (nSPS) is 19.5. The fourth-order valence-electron chi connectivity index (χ4n) is 2.71. The van der Waals surface area contributed by atoms with Gasteiger partial charge in [-0.25, -0.2) is 0 Å². The number of unbranched alkanes of at least 4 members (excludes halogenated alkanes) is 2. The Balaban J connectivity index is 2.16. The van der Waals surface area contributed by atoms with Crippen LogP contribution in [0.4, 0.5) is 0 Å². The molecule has 1 aromatic carbocycles. The van der Waals surface area contributed by atoms with Crippen molar-refractivity contribution in [3.8, 4) is 0 Å². The molecule has 18 heavy (non-hydrogen) atoms. The van der Waals surface area contributed by atoms with Gasteiger partial charge in [0.25, 0.3) is 0 Å². The number of carboxylic acids is 1. The molecule has 1 aromatic rings. The first kappa shape index (κ1) is 13.1. The Bertz CT molecular complexity index is 417. The van der Waals surface area contributed by atoms with Crippen LogP contribution in [0.1, 0.15) is 43.4 Å². The van der Waals surface area contributed by atoms with Crippen LogP contribution < -0.4 is 0 Å². The van der Waals surface area contributed by atoms with Gasteiger partial charge in [-0.3, -0.25) is 9.69 Å². The van der Waals surface area contributed by atoms with Gasteiger partial charge in [0.05, 0.1) is 0 Å². The Morgan fingerprint density at radius 1 is 1.39 bits per heavy atom. The molecule has 98 valence electrons. The van der Waals surface area contributed by atoms with Crippen molar-refractivity contribution in [2.24, 2.45) is 0 Å². The smallest absolute Gasteiger partial charge is 0.325 e. The van der Waals surface area contributed by atoms with E-state index in [0.717, 1.165) is 31.5 Å². The van der Waals surface area contributed by atoms with Crippen LogP contribution in [0.15, 0.2) is 24.3 Å². The first-order valence-electron chi connectivity index (χ1n) is 6.78. The highest BCUT2D eigenvalue weighted by atomic mass is 16.4. The number of carbonyl (C=O) groups is 1. The van der Waals surface area contributed by atoms with Gasteiger partial charge in [0, 0.05) is 6.54 Å². The molecule has 3 heteroatoms. The zero-order chi connectivity index (χ0) is 13.0. The molecule has 1 N–H and O–H groups in total. The van der Waals surface area contributed by atoms with Crippen molar-refractivity contribution in [1.29, 1.82) is 0 Å². The van der Waals surface area contributed by atoms with E-state index < -0.39 is 12.0 Å². The number of aliphatic carboxylic acids is 1. The second-order valence-corrected chi connectivity index (χ2v) is 4.93. The molecule has 1 unspecified atom stereocenters. The molecule has 0 amide bonds. The van der Waals surface area contributed by atoms with Crippen LogP contribution in [-0.4, -0.2) is 29.1 Å². The Hall–Kier alpha value is -1.35. The van der Waals surface area contributed by atoms with Crippen molar-refractivity contribution >= 4 is 5.97 Å². The monoisotopic (exact) mass is 247 g/mol. The van der Waals surface area contributed by atoms with Crippen molar-refractivity contribution < 1.29 is 9.90 Å². The Morgan fingerprint density at radius 2 is 2.17 bits per heavy atom. The van der Waals surface area contributed by atoms with Gasteiger partial charge < -0.3 is 5.11 Å². The standard InChI is InChI=1S/C15H21NO2/c1-2-3-6-10-16-11-9-12-7-4-5-8-13(12)14(16)15(17)18/h4-5,7-8,14H,2-3,6,9-11H2,1H3,(H,17,18). The summed E-state index contributed by atoms with van der Waals surface area (Å²) in [7, 11) is 0. The van der Waals surface area contributed by atoms with E-state index in [9.17, 15) is 9.90 Å². The molecular formula is C15H21NO2. The van der Waals surface area contributed by atoms with Crippen molar-refractivity contribution in [1.82, 2.24) is 4.90 Å². The Morgan fingerprint density at radius 3 is 2.89 bits per heavy atom. The van der Waals surface area contributed by atoms with E-state index in [1.165, 1.54) is 18.4 Å².